The SMILES string of the molecule is C=C(C[C@]1(O)CCN(C)[C@H]1c1ccccc1)c1cc(CC)ccc1C.CC.CC.CC.CC.CC. The summed E-state index contributed by atoms with van der Waals surface area (Å²) in [6, 6.07) is 16.9. The quantitative estimate of drug-likeness (QED) is 0.455. The van der Waals surface area contributed by atoms with Gasteiger partial charge in [-0.25, -0.2) is 0 Å². The van der Waals surface area contributed by atoms with Crippen LogP contribution in [0.3, 0.4) is 0 Å². The van der Waals surface area contributed by atoms with Crippen molar-refractivity contribution in [3.63, 3.8) is 0 Å². The molecule has 2 aromatic rings. The van der Waals surface area contributed by atoms with E-state index < -0.39 is 5.60 Å². The summed E-state index contributed by atoms with van der Waals surface area (Å²) >= 11 is 0. The van der Waals surface area contributed by atoms with Crippen LogP contribution in [0.2, 0.25) is 0 Å². The Morgan fingerprint density at radius 3 is 1.91 bits per heavy atom. The molecule has 0 aliphatic carbocycles. The lowest BCUT2D eigenvalue weighted by Gasteiger charge is -2.34. The maximum Gasteiger partial charge on any atom is 0.0895 e. The summed E-state index contributed by atoms with van der Waals surface area (Å²) in [4.78, 5) is 2.26. The van der Waals surface area contributed by atoms with Gasteiger partial charge in [0.2, 0.25) is 0 Å². The second-order valence-corrected chi connectivity index (χ2v) is 7.43. The van der Waals surface area contributed by atoms with Gasteiger partial charge in [-0.05, 0) is 54.6 Å². The standard InChI is InChI=1S/C23H29NO.5C2H6/c1-5-19-12-11-17(2)21(15-19)18(3)16-23(25)13-14-24(4)22(23)20-9-7-6-8-10-20;5*1-2/h6-12,15,22,25H,3,5,13-14,16H2,1-2,4H3;5*1-2H3/t22-,23+;;;;;/m0...../s1. The Morgan fingerprint density at radius 2 is 1.43 bits per heavy atom. The molecule has 1 fully saturated rings. The largest absolute Gasteiger partial charge is 0.387 e. The normalized spacial score (nSPS) is 17.8. The molecule has 2 atom stereocenters. The van der Waals surface area contributed by atoms with Gasteiger partial charge in [-0.15, -0.1) is 0 Å². The van der Waals surface area contributed by atoms with Gasteiger partial charge in [-0.1, -0.05) is 131 Å². The molecule has 1 saturated heterocycles. The summed E-state index contributed by atoms with van der Waals surface area (Å²) in [5.74, 6) is 0. The number of aryl methyl sites for hydroxylation is 2. The van der Waals surface area contributed by atoms with Crippen molar-refractivity contribution in [2.75, 3.05) is 13.6 Å². The van der Waals surface area contributed by atoms with Crippen LogP contribution in [0.1, 0.15) is 117 Å². The molecule has 1 aliphatic rings. The minimum absolute atomic E-state index is 0.0140. The lowest BCUT2D eigenvalue weighted by atomic mass is 9.81. The van der Waals surface area contributed by atoms with Crippen molar-refractivity contribution in [3.8, 4) is 0 Å². The zero-order valence-corrected chi connectivity index (χ0v) is 25.6. The van der Waals surface area contributed by atoms with E-state index in [2.05, 4.69) is 62.7 Å². The number of hydrogen-bond donors (Lipinski definition) is 1. The maximum atomic E-state index is 11.5. The van der Waals surface area contributed by atoms with Gasteiger partial charge in [0.25, 0.3) is 0 Å². The minimum Gasteiger partial charge on any atom is -0.387 e. The van der Waals surface area contributed by atoms with Gasteiger partial charge >= 0.3 is 0 Å². The third-order valence-corrected chi connectivity index (χ3v) is 5.57. The topological polar surface area (TPSA) is 23.5 Å². The van der Waals surface area contributed by atoms with E-state index in [9.17, 15) is 5.11 Å². The predicted octanol–water partition coefficient (Wildman–Crippen LogP) is 9.90. The molecule has 2 aromatic carbocycles. The van der Waals surface area contributed by atoms with Gasteiger partial charge < -0.3 is 5.11 Å². The summed E-state index contributed by atoms with van der Waals surface area (Å²) in [6.45, 7) is 29.5. The van der Waals surface area contributed by atoms with E-state index in [-0.39, 0.29) is 6.04 Å². The van der Waals surface area contributed by atoms with Crippen molar-refractivity contribution < 1.29 is 5.11 Å². The van der Waals surface area contributed by atoms with Crippen LogP contribution in [-0.2, 0) is 6.42 Å². The molecular weight excluding hydrogens is 426 g/mol. The van der Waals surface area contributed by atoms with Crippen molar-refractivity contribution in [3.05, 3.63) is 77.4 Å². The maximum absolute atomic E-state index is 11.5. The molecule has 0 unspecified atom stereocenters. The number of likely N-dealkylation sites (tertiary alicyclic amines) is 1. The van der Waals surface area contributed by atoms with Gasteiger partial charge in [0.15, 0.2) is 0 Å². The van der Waals surface area contributed by atoms with Crippen molar-refractivity contribution >= 4 is 5.57 Å². The molecule has 35 heavy (non-hydrogen) atoms. The van der Waals surface area contributed by atoms with Crippen LogP contribution in [0.15, 0.2) is 55.1 Å². The predicted molar refractivity (Wildman–Crippen MR) is 162 cm³/mol. The smallest absolute Gasteiger partial charge is 0.0895 e. The van der Waals surface area contributed by atoms with Crippen LogP contribution >= 0.6 is 0 Å². The summed E-state index contributed by atoms with van der Waals surface area (Å²) in [5, 5.41) is 11.5. The number of benzene rings is 2. The van der Waals surface area contributed by atoms with Crippen LogP contribution in [-0.4, -0.2) is 29.2 Å². The Bertz CT molecular complexity index is 753. The Morgan fingerprint density at radius 1 is 0.914 bits per heavy atom. The Balaban J connectivity index is -0.000000912. The van der Waals surface area contributed by atoms with Crippen LogP contribution in [0.4, 0.5) is 0 Å². The molecule has 2 nitrogen and oxygen atoms in total. The van der Waals surface area contributed by atoms with E-state index in [4.69, 9.17) is 0 Å². The summed E-state index contributed by atoms with van der Waals surface area (Å²) in [5.41, 5.74) is 5.17. The molecular formula is C33H59NO. The minimum atomic E-state index is -0.776. The zero-order valence-electron chi connectivity index (χ0n) is 25.6. The second-order valence-electron chi connectivity index (χ2n) is 7.43. The summed E-state index contributed by atoms with van der Waals surface area (Å²) in [6.07, 6.45) is 2.39. The first-order valence-electron chi connectivity index (χ1n) is 14.2. The molecule has 2 heteroatoms. The van der Waals surface area contributed by atoms with Gasteiger partial charge in [-0.2, -0.15) is 0 Å². The fraction of sp³-hybridized carbons (Fsp3) is 0.576. The summed E-state index contributed by atoms with van der Waals surface area (Å²) in [7, 11) is 2.10. The first-order chi connectivity index (χ1) is 16.9. The van der Waals surface area contributed by atoms with Crippen molar-refractivity contribution in [1.82, 2.24) is 4.90 Å². The van der Waals surface area contributed by atoms with Crippen LogP contribution in [0, 0.1) is 6.92 Å². The Hall–Kier alpha value is -1.90. The molecule has 1 aliphatic heterocycles. The average Bonchev–Trinajstić information content (AvgIpc) is 3.23. The highest BCUT2D eigenvalue weighted by Crippen LogP contribution is 2.44. The molecule has 0 bridgehead atoms. The lowest BCUT2D eigenvalue weighted by molar-refractivity contribution is 0.0120. The van der Waals surface area contributed by atoms with E-state index in [0.717, 1.165) is 25.0 Å². The van der Waals surface area contributed by atoms with Gasteiger partial charge in [-0.3, -0.25) is 4.90 Å². The van der Waals surface area contributed by atoms with E-state index in [1.165, 1.54) is 22.3 Å². The molecule has 0 radical (unpaired) electrons. The number of likely N-dealkylation sites (N-methyl/N-ethyl adjacent to an activating group) is 1. The number of hydrogen-bond acceptors (Lipinski definition) is 2. The number of aliphatic hydroxyl groups is 1. The molecule has 0 aromatic heterocycles. The van der Waals surface area contributed by atoms with E-state index in [1.807, 2.05) is 87.4 Å². The molecule has 0 amide bonds. The molecule has 0 spiro atoms. The van der Waals surface area contributed by atoms with Gasteiger partial charge in [0.1, 0.15) is 0 Å². The van der Waals surface area contributed by atoms with Crippen LogP contribution < -0.4 is 0 Å². The van der Waals surface area contributed by atoms with Crippen LogP contribution in [0.25, 0.3) is 5.57 Å². The first kappa shape index (κ1) is 37.6. The molecule has 0 saturated carbocycles. The van der Waals surface area contributed by atoms with E-state index in [0.29, 0.717) is 6.42 Å². The van der Waals surface area contributed by atoms with Crippen molar-refractivity contribution in [1.29, 1.82) is 0 Å². The third-order valence-electron chi connectivity index (χ3n) is 5.57. The zero-order chi connectivity index (χ0) is 28.0. The lowest BCUT2D eigenvalue weighted by Crippen LogP contribution is -2.36. The van der Waals surface area contributed by atoms with Gasteiger partial charge in [0.05, 0.1) is 11.6 Å². The summed E-state index contributed by atoms with van der Waals surface area (Å²) < 4.78 is 0. The average molecular weight is 486 g/mol. The van der Waals surface area contributed by atoms with Gasteiger partial charge in [0, 0.05) is 13.0 Å². The highest BCUT2D eigenvalue weighted by Gasteiger charge is 2.45. The monoisotopic (exact) mass is 485 g/mol. The number of rotatable bonds is 5. The van der Waals surface area contributed by atoms with E-state index >= 15 is 0 Å². The Labute approximate surface area is 220 Å². The van der Waals surface area contributed by atoms with E-state index in [1.54, 1.807) is 0 Å². The Kier molecular flexibility index (Phi) is 24.3. The molecule has 3 rings (SSSR count). The van der Waals surface area contributed by atoms with Crippen molar-refractivity contribution in [2.45, 2.75) is 114 Å². The highest BCUT2D eigenvalue weighted by molar-refractivity contribution is 5.68. The molecule has 202 valence electrons. The molecule has 1 N–H and O–H groups in total. The third kappa shape index (κ3) is 11.6. The highest BCUT2D eigenvalue weighted by atomic mass is 16.3. The number of nitrogens with zero attached hydrogens (tertiary/aromatic N) is 1. The fourth-order valence-electron chi connectivity index (χ4n) is 4.17. The fourth-order valence-corrected chi connectivity index (χ4v) is 4.17. The second kappa shape index (κ2) is 22.6. The molecule has 1 heterocycles. The van der Waals surface area contributed by atoms with Crippen molar-refractivity contribution in [2.24, 2.45) is 0 Å². The van der Waals surface area contributed by atoms with Crippen LogP contribution in [0.5, 0.6) is 0 Å². The first-order valence-corrected chi connectivity index (χ1v) is 14.2.